The maximum Gasteiger partial charge on any atom is 0.111 e. The Kier molecular flexibility index (Phi) is 1.90. The average Bonchev–Trinajstić information content (AvgIpc) is 2.66. The summed E-state index contributed by atoms with van der Waals surface area (Å²) in [4.78, 5) is 7.50. The van der Waals surface area contributed by atoms with E-state index in [0.717, 1.165) is 22.2 Å². The molecule has 3 N–H and O–H groups in total. The van der Waals surface area contributed by atoms with Crippen molar-refractivity contribution in [2.45, 2.75) is 0 Å². The van der Waals surface area contributed by atoms with Gasteiger partial charge in [-0.15, -0.1) is 0 Å². The lowest BCUT2D eigenvalue weighted by molar-refractivity contribution is 1.33. The van der Waals surface area contributed by atoms with Crippen LogP contribution in [0.25, 0.3) is 22.2 Å². The summed E-state index contributed by atoms with van der Waals surface area (Å²) in [7, 11) is 0. The molecule has 3 nitrogen and oxygen atoms in total. The zero-order valence-electron chi connectivity index (χ0n) is 8.64. The molecule has 3 heteroatoms. The van der Waals surface area contributed by atoms with Crippen molar-refractivity contribution in [2.24, 2.45) is 0 Å². The molecule has 0 spiro atoms. The highest BCUT2D eigenvalue weighted by Crippen LogP contribution is 2.32. The van der Waals surface area contributed by atoms with Gasteiger partial charge in [0.25, 0.3) is 0 Å². The fourth-order valence-electron chi connectivity index (χ4n) is 1.95. The van der Waals surface area contributed by atoms with Gasteiger partial charge >= 0.3 is 0 Å². The zero-order chi connectivity index (χ0) is 11.0. The Bertz CT molecular complexity index is 626. The lowest BCUT2D eigenvalue weighted by Crippen LogP contribution is -1.88. The van der Waals surface area contributed by atoms with Crippen LogP contribution in [-0.2, 0) is 0 Å². The van der Waals surface area contributed by atoms with Crippen LogP contribution in [0.3, 0.4) is 0 Å². The maximum absolute atomic E-state index is 5.99. The third-order valence-corrected chi connectivity index (χ3v) is 2.66. The van der Waals surface area contributed by atoms with Gasteiger partial charge < -0.3 is 10.7 Å². The predicted molar refractivity (Wildman–Crippen MR) is 65.9 cm³/mol. The number of aromatic amines is 1. The molecule has 1 aromatic carbocycles. The van der Waals surface area contributed by atoms with E-state index in [4.69, 9.17) is 5.73 Å². The van der Waals surface area contributed by atoms with Gasteiger partial charge in [0, 0.05) is 22.7 Å². The summed E-state index contributed by atoms with van der Waals surface area (Å²) in [5, 5.41) is 1.11. The number of nitrogens with zero attached hydrogens (tertiary/aromatic N) is 1. The summed E-state index contributed by atoms with van der Waals surface area (Å²) in [5.74, 6) is 0.667. The SMILES string of the molecule is Nc1[nH]c2ccccc2c1-c1ccccn1. The van der Waals surface area contributed by atoms with Gasteiger partial charge in [-0.2, -0.15) is 0 Å². The van der Waals surface area contributed by atoms with Crippen LogP contribution >= 0.6 is 0 Å². The smallest absolute Gasteiger partial charge is 0.111 e. The van der Waals surface area contributed by atoms with Crippen molar-refractivity contribution in [3.63, 3.8) is 0 Å². The Labute approximate surface area is 92.9 Å². The van der Waals surface area contributed by atoms with Crippen molar-refractivity contribution in [3.8, 4) is 11.3 Å². The van der Waals surface area contributed by atoms with E-state index in [0.29, 0.717) is 5.82 Å². The minimum Gasteiger partial charge on any atom is -0.385 e. The number of nitrogen functional groups attached to an aromatic ring is 1. The first kappa shape index (κ1) is 8.97. The molecule has 0 aliphatic rings. The standard InChI is InChI=1S/C13H11N3/c14-13-12(11-7-3-4-8-15-11)9-5-1-2-6-10(9)16-13/h1-8,16H,14H2. The first-order valence-electron chi connectivity index (χ1n) is 5.14. The van der Waals surface area contributed by atoms with Gasteiger partial charge in [0.15, 0.2) is 0 Å². The van der Waals surface area contributed by atoms with Crippen LogP contribution in [0.15, 0.2) is 48.7 Å². The quantitative estimate of drug-likeness (QED) is 0.647. The molecule has 0 unspecified atom stereocenters. The molecule has 0 amide bonds. The molecule has 16 heavy (non-hydrogen) atoms. The summed E-state index contributed by atoms with van der Waals surface area (Å²) in [5.41, 5.74) is 8.92. The fraction of sp³-hybridized carbons (Fsp3) is 0. The van der Waals surface area contributed by atoms with Gasteiger partial charge in [0.1, 0.15) is 5.82 Å². The van der Waals surface area contributed by atoms with Gasteiger partial charge in [-0.25, -0.2) is 0 Å². The minimum absolute atomic E-state index is 0.667. The molecule has 2 heterocycles. The van der Waals surface area contributed by atoms with E-state index in [1.165, 1.54) is 0 Å². The number of hydrogen-bond donors (Lipinski definition) is 2. The van der Waals surface area contributed by atoms with Crippen molar-refractivity contribution in [1.29, 1.82) is 0 Å². The molecule has 0 aliphatic carbocycles. The first-order valence-corrected chi connectivity index (χ1v) is 5.14. The fourth-order valence-corrected chi connectivity index (χ4v) is 1.95. The number of nitrogens with one attached hydrogen (secondary N) is 1. The monoisotopic (exact) mass is 209 g/mol. The van der Waals surface area contributed by atoms with Gasteiger partial charge in [-0.1, -0.05) is 24.3 Å². The van der Waals surface area contributed by atoms with Gasteiger partial charge in [0.2, 0.25) is 0 Å². The van der Waals surface area contributed by atoms with E-state index in [9.17, 15) is 0 Å². The molecule has 3 aromatic rings. The number of fused-ring (bicyclic) bond motifs is 1. The van der Waals surface area contributed by atoms with Crippen LogP contribution in [-0.4, -0.2) is 9.97 Å². The van der Waals surface area contributed by atoms with E-state index >= 15 is 0 Å². The predicted octanol–water partition coefficient (Wildman–Crippen LogP) is 2.81. The van der Waals surface area contributed by atoms with E-state index in [2.05, 4.69) is 9.97 Å². The number of nitrogens with two attached hydrogens (primary N) is 1. The molecule has 78 valence electrons. The van der Waals surface area contributed by atoms with E-state index < -0.39 is 0 Å². The molecule has 0 radical (unpaired) electrons. The van der Waals surface area contributed by atoms with Gasteiger partial charge in [-0.05, 0) is 18.2 Å². The number of pyridine rings is 1. The topological polar surface area (TPSA) is 54.7 Å². The second-order valence-corrected chi connectivity index (χ2v) is 3.67. The highest BCUT2D eigenvalue weighted by molar-refractivity contribution is 6.00. The lowest BCUT2D eigenvalue weighted by Gasteiger charge is -1.99. The number of aromatic nitrogens is 2. The normalized spacial score (nSPS) is 10.8. The van der Waals surface area contributed by atoms with Crippen LogP contribution in [0, 0.1) is 0 Å². The molecule has 0 saturated carbocycles. The van der Waals surface area contributed by atoms with Crippen molar-refractivity contribution in [3.05, 3.63) is 48.7 Å². The molecule has 3 rings (SSSR count). The number of H-pyrrole nitrogens is 1. The summed E-state index contributed by atoms with van der Waals surface area (Å²) < 4.78 is 0. The second-order valence-electron chi connectivity index (χ2n) is 3.67. The van der Waals surface area contributed by atoms with Crippen molar-refractivity contribution in [2.75, 3.05) is 5.73 Å². The number of anilines is 1. The zero-order valence-corrected chi connectivity index (χ0v) is 8.64. The summed E-state index contributed by atoms with van der Waals surface area (Å²) in [6, 6.07) is 13.9. The third kappa shape index (κ3) is 1.26. The van der Waals surface area contributed by atoms with E-state index in [1.54, 1.807) is 6.20 Å². The van der Waals surface area contributed by atoms with Crippen LogP contribution in [0.5, 0.6) is 0 Å². The summed E-state index contributed by atoms with van der Waals surface area (Å²) >= 11 is 0. The molecular formula is C13H11N3. The van der Waals surface area contributed by atoms with Crippen molar-refractivity contribution >= 4 is 16.7 Å². The maximum atomic E-state index is 5.99. The molecule has 0 bridgehead atoms. The Balaban J connectivity index is 2.35. The van der Waals surface area contributed by atoms with Gasteiger partial charge in [0.05, 0.1) is 5.69 Å². The molecule has 0 fully saturated rings. The molecule has 2 aromatic heterocycles. The summed E-state index contributed by atoms with van der Waals surface area (Å²) in [6.45, 7) is 0. The van der Waals surface area contributed by atoms with Crippen LogP contribution in [0.1, 0.15) is 0 Å². The van der Waals surface area contributed by atoms with Crippen LogP contribution < -0.4 is 5.73 Å². The molecular weight excluding hydrogens is 198 g/mol. The van der Waals surface area contributed by atoms with Gasteiger partial charge in [-0.3, -0.25) is 4.98 Å². The average molecular weight is 209 g/mol. The van der Waals surface area contributed by atoms with Crippen molar-refractivity contribution in [1.82, 2.24) is 9.97 Å². The first-order chi connectivity index (χ1) is 7.86. The highest BCUT2D eigenvalue weighted by atomic mass is 14.9. The Morgan fingerprint density at radius 1 is 1.00 bits per heavy atom. The van der Waals surface area contributed by atoms with Crippen LogP contribution in [0.4, 0.5) is 5.82 Å². The Morgan fingerprint density at radius 3 is 2.62 bits per heavy atom. The van der Waals surface area contributed by atoms with Crippen LogP contribution in [0.2, 0.25) is 0 Å². The second kappa shape index (κ2) is 3.38. The molecule has 0 aliphatic heterocycles. The number of hydrogen-bond acceptors (Lipinski definition) is 2. The highest BCUT2D eigenvalue weighted by Gasteiger charge is 2.10. The Morgan fingerprint density at radius 2 is 1.81 bits per heavy atom. The summed E-state index contributed by atoms with van der Waals surface area (Å²) in [6.07, 6.45) is 1.77. The number of benzene rings is 1. The van der Waals surface area contributed by atoms with E-state index in [1.807, 2.05) is 42.5 Å². The largest absolute Gasteiger partial charge is 0.385 e. The third-order valence-electron chi connectivity index (χ3n) is 2.66. The van der Waals surface area contributed by atoms with Crippen molar-refractivity contribution < 1.29 is 0 Å². The molecule has 0 atom stereocenters. The number of para-hydroxylation sites is 1. The Hall–Kier alpha value is -2.29. The van der Waals surface area contributed by atoms with E-state index in [-0.39, 0.29) is 0 Å². The lowest BCUT2D eigenvalue weighted by atomic mass is 10.1. The molecule has 0 saturated heterocycles. The number of rotatable bonds is 1. The minimum atomic E-state index is 0.667.